The smallest absolute Gasteiger partial charge is 0.200 e. The molecule has 1 atom stereocenters. The number of likely N-dealkylation sites (N-methyl/N-ethyl adjacent to an activating group) is 1. The van der Waals surface area contributed by atoms with Gasteiger partial charge in [0.25, 0.3) is 0 Å². The van der Waals surface area contributed by atoms with E-state index in [1.54, 1.807) is 6.07 Å². The summed E-state index contributed by atoms with van der Waals surface area (Å²) in [6, 6.07) is 12.3. The first-order valence-corrected chi connectivity index (χ1v) is 6.75. The van der Waals surface area contributed by atoms with Crippen molar-refractivity contribution in [3.05, 3.63) is 53.6 Å². The van der Waals surface area contributed by atoms with E-state index in [1.807, 2.05) is 42.3 Å². The van der Waals surface area contributed by atoms with Gasteiger partial charge in [-0.2, -0.15) is 0 Å². The molecule has 0 saturated carbocycles. The molecule has 2 aromatic rings. The van der Waals surface area contributed by atoms with Gasteiger partial charge in [-0.1, -0.05) is 30.3 Å². The van der Waals surface area contributed by atoms with Gasteiger partial charge >= 0.3 is 0 Å². The van der Waals surface area contributed by atoms with Crippen LogP contribution in [0.4, 0.5) is 0 Å². The fraction of sp³-hybridized carbons (Fsp3) is 0.250. The molecule has 1 unspecified atom stereocenters. The first kappa shape index (κ1) is 15.2. The topological polar surface area (TPSA) is 90.0 Å². The maximum Gasteiger partial charge on any atom is 0.200 e. The third-order valence-corrected chi connectivity index (χ3v) is 3.49. The van der Waals surface area contributed by atoms with E-state index in [0.717, 1.165) is 5.56 Å². The Balaban J connectivity index is 2.53. The van der Waals surface area contributed by atoms with Gasteiger partial charge in [0.2, 0.25) is 5.75 Å². The predicted molar refractivity (Wildman–Crippen MR) is 81.4 cm³/mol. The lowest BCUT2D eigenvalue weighted by Gasteiger charge is -2.29. The summed E-state index contributed by atoms with van der Waals surface area (Å²) >= 11 is 0. The Morgan fingerprint density at radius 3 is 2.29 bits per heavy atom. The van der Waals surface area contributed by atoms with Crippen LogP contribution >= 0.6 is 0 Å². The van der Waals surface area contributed by atoms with Crippen LogP contribution in [0, 0.1) is 0 Å². The van der Waals surface area contributed by atoms with Crippen molar-refractivity contribution in [3.63, 3.8) is 0 Å². The van der Waals surface area contributed by atoms with Gasteiger partial charge in [-0.25, -0.2) is 0 Å². The molecule has 5 N–H and O–H groups in total. The van der Waals surface area contributed by atoms with Crippen molar-refractivity contribution in [3.8, 4) is 17.2 Å². The highest BCUT2D eigenvalue weighted by Crippen LogP contribution is 2.42. The van der Waals surface area contributed by atoms with Gasteiger partial charge in [-0.3, -0.25) is 4.90 Å². The van der Waals surface area contributed by atoms with Crippen LogP contribution in [-0.2, 0) is 0 Å². The second-order valence-electron chi connectivity index (χ2n) is 4.95. The summed E-state index contributed by atoms with van der Waals surface area (Å²) in [6.45, 7) is 1.10. The van der Waals surface area contributed by atoms with E-state index >= 15 is 0 Å². The largest absolute Gasteiger partial charge is 0.504 e. The Morgan fingerprint density at radius 1 is 1.00 bits per heavy atom. The molecule has 0 saturated heterocycles. The van der Waals surface area contributed by atoms with Crippen molar-refractivity contribution in [2.45, 2.75) is 6.04 Å². The Hall–Kier alpha value is -2.24. The van der Waals surface area contributed by atoms with Gasteiger partial charge < -0.3 is 21.1 Å². The molecule has 0 amide bonds. The zero-order valence-electron chi connectivity index (χ0n) is 11.9. The fourth-order valence-corrected chi connectivity index (χ4v) is 2.44. The molecular weight excluding hydrogens is 268 g/mol. The number of hydrogen-bond acceptors (Lipinski definition) is 5. The number of phenolic OH excluding ortho intramolecular Hbond substituents is 3. The molecule has 0 radical (unpaired) electrons. The molecule has 0 fully saturated rings. The summed E-state index contributed by atoms with van der Waals surface area (Å²) in [7, 11) is 1.90. The molecule has 21 heavy (non-hydrogen) atoms. The third-order valence-electron chi connectivity index (χ3n) is 3.49. The highest BCUT2D eigenvalue weighted by Gasteiger charge is 2.24. The molecule has 5 nitrogen and oxygen atoms in total. The molecule has 0 spiro atoms. The number of phenols is 3. The highest BCUT2D eigenvalue weighted by atomic mass is 16.3. The van der Waals surface area contributed by atoms with E-state index < -0.39 is 5.75 Å². The van der Waals surface area contributed by atoms with Crippen molar-refractivity contribution in [1.82, 2.24) is 4.90 Å². The second-order valence-corrected chi connectivity index (χ2v) is 4.95. The predicted octanol–water partition coefficient (Wildman–Crippen LogP) is 1.78. The standard InChI is InChI=1S/C16H20N2O3/c1-18(10-9-17)14(11-5-3-2-4-6-11)12-7-8-13(19)16(21)15(12)20/h2-8,14,19-21H,9-10,17H2,1H3. The number of hydrogen-bond donors (Lipinski definition) is 4. The van der Waals surface area contributed by atoms with E-state index in [2.05, 4.69) is 0 Å². The molecule has 2 aromatic carbocycles. The third kappa shape index (κ3) is 3.09. The fourth-order valence-electron chi connectivity index (χ4n) is 2.44. The molecule has 112 valence electrons. The van der Waals surface area contributed by atoms with Gasteiger partial charge in [0.1, 0.15) is 0 Å². The van der Waals surface area contributed by atoms with Crippen molar-refractivity contribution in [1.29, 1.82) is 0 Å². The lowest BCUT2D eigenvalue weighted by atomic mass is 9.96. The van der Waals surface area contributed by atoms with E-state index in [1.165, 1.54) is 6.07 Å². The lowest BCUT2D eigenvalue weighted by molar-refractivity contribution is 0.277. The lowest BCUT2D eigenvalue weighted by Crippen LogP contribution is -2.30. The molecule has 5 heteroatoms. The number of nitrogens with two attached hydrogens (primary N) is 1. The van der Waals surface area contributed by atoms with Crippen LogP contribution in [0.3, 0.4) is 0 Å². The maximum atomic E-state index is 10.2. The quantitative estimate of drug-likeness (QED) is 0.630. The number of benzene rings is 2. The van der Waals surface area contributed by atoms with Gasteiger partial charge in [-0.05, 0) is 24.7 Å². The first-order chi connectivity index (χ1) is 10.1. The summed E-state index contributed by atoms with van der Waals surface area (Å²) in [5, 5.41) is 29.4. The molecule has 0 aliphatic rings. The SMILES string of the molecule is CN(CCN)C(c1ccccc1)c1ccc(O)c(O)c1O. The summed E-state index contributed by atoms with van der Waals surface area (Å²) in [5.74, 6) is -1.16. The summed E-state index contributed by atoms with van der Waals surface area (Å²) in [5.41, 5.74) is 7.11. The number of nitrogens with zero attached hydrogens (tertiary/aromatic N) is 1. The minimum atomic E-state index is -0.505. The van der Waals surface area contributed by atoms with Crippen LogP contribution in [0.1, 0.15) is 17.2 Å². The highest BCUT2D eigenvalue weighted by molar-refractivity contribution is 5.55. The molecular formula is C16H20N2O3. The van der Waals surface area contributed by atoms with E-state index in [9.17, 15) is 15.3 Å². The number of aromatic hydroxyl groups is 3. The van der Waals surface area contributed by atoms with Crippen LogP contribution in [0.2, 0.25) is 0 Å². The van der Waals surface area contributed by atoms with E-state index in [-0.39, 0.29) is 17.5 Å². The van der Waals surface area contributed by atoms with Crippen molar-refractivity contribution >= 4 is 0 Å². The minimum Gasteiger partial charge on any atom is -0.504 e. The zero-order valence-corrected chi connectivity index (χ0v) is 11.9. The second kappa shape index (κ2) is 6.47. The van der Waals surface area contributed by atoms with Crippen molar-refractivity contribution in [2.24, 2.45) is 5.73 Å². The van der Waals surface area contributed by atoms with Gasteiger partial charge in [0, 0.05) is 18.7 Å². The van der Waals surface area contributed by atoms with Crippen LogP contribution < -0.4 is 5.73 Å². The van der Waals surface area contributed by atoms with E-state index in [0.29, 0.717) is 18.7 Å². The molecule has 0 heterocycles. The van der Waals surface area contributed by atoms with Gasteiger partial charge in [-0.15, -0.1) is 0 Å². The maximum absolute atomic E-state index is 10.2. The molecule has 0 aromatic heterocycles. The monoisotopic (exact) mass is 288 g/mol. The average molecular weight is 288 g/mol. The van der Waals surface area contributed by atoms with Crippen LogP contribution in [-0.4, -0.2) is 40.4 Å². The zero-order chi connectivity index (χ0) is 15.4. The molecule has 0 aliphatic heterocycles. The van der Waals surface area contributed by atoms with Crippen LogP contribution in [0.5, 0.6) is 17.2 Å². The Kier molecular flexibility index (Phi) is 4.67. The minimum absolute atomic E-state index is 0.263. The van der Waals surface area contributed by atoms with E-state index in [4.69, 9.17) is 5.73 Å². The first-order valence-electron chi connectivity index (χ1n) is 6.75. The molecule has 0 bridgehead atoms. The molecule has 2 rings (SSSR count). The Labute approximate surface area is 123 Å². The van der Waals surface area contributed by atoms with Crippen LogP contribution in [0.25, 0.3) is 0 Å². The summed E-state index contributed by atoms with van der Waals surface area (Å²) in [4.78, 5) is 1.99. The van der Waals surface area contributed by atoms with Gasteiger partial charge in [0.15, 0.2) is 11.5 Å². The Bertz CT molecular complexity index is 602. The normalized spacial score (nSPS) is 12.5. The van der Waals surface area contributed by atoms with Crippen molar-refractivity contribution < 1.29 is 15.3 Å². The van der Waals surface area contributed by atoms with Gasteiger partial charge in [0.05, 0.1) is 6.04 Å². The average Bonchev–Trinajstić information content (AvgIpc) is 2.49. The summed E-state index contributed by atoms with van der Waals surface area (Å²) in [6.07, 6.45) is 0. The van der Waals surface area contributed by atoms with Crippen molar-refractivity contribution in [2.75, 3.05) is 20.1 Å². The summed E-state index contributed by atoms with van der Waals surface area (Å²) < 4.78 is 0. The van der Waals surface area contributed by atoms with Crippen LogP contribution in [0.15, 0.2) is 42.5 Å². The Morgan fingerprint density at radius 2 is 1.67 bits per heavy atom. The number of rotatable bonds is 5. The molecule has 0 aliphatic carbocycles.